The second kappa shape index (κ2) is 7.63. The van der Waals surface area contributed by atoms with Gasteiger partial charge in [0, 0.05) is 17.1 Å². The van der Waals surface area contributed by atoms with Gasteiger partial charge in [-0.3, -0.25) is 0 Å². The summed E-state index contributed by atoms with van der Waals surface area (Å²) < 4.78 is 12.8. The molecule has 5 nitrogen and oxygen atoms in total. The van der Waals surface area contributed by atoms with E-state index in [2.05, 4.69) is 16.7 Å². The van der Waals surface area contributed by atoms with Crippen LogP contribution in [0.5, 0.6) is 5.75 Å². The van der Waals surface area contributed by atoms with Gasteiger partial charge in [-0.1, -0.05) is 19.3 Å². The summed E-state index contributed by atoms with van der Waals surface area (Å²) in [6.07, 6.45) is 10.0. The molecule has 1 aromatic carbocycles. The summed E-state index contributed by atoms with van der Waals surface area (Å²) in [6.45, 7) is 0.444. The summed E-state index contributed by atoms with van der Waals surface area (Å²) in [5, 5.41) is 1.20. The van der Waals surface area contributed by atoms with E-state index in [9.17, 15) is 4.79 Å². The molecule has 2 aliphatic rings. The molecular weight excluding hydrogens is 376 g/mol. The first-order valence-corrected chi connectivity index (χ1v) is 10.7. The zero-order chi connectivity index (χ0) is 20.7. The molecule has 3 heterocycles. The second-order valence-electron chi connectivity index (χ2n) is 8.17. The molecule has 1 fully saturated rings. The number of nitrogens with zero attached hydrogens (tertiary/aromatic N) is 2. The van der Waals surface area contributed by atoms with Gasteiger partial charge in [0.2, 0.25) is 0 Å². The number of fused-ring (bicyclic) bond motifs is 5. The minimum atomic E-state index is -0.311. The van der Waals surface area contributed by atoms with E-state index in [0.717, 1.165) is 22.5 Å². The fourth-order valence-electron chi connectivity index (χ4n) is 5.11. The lowest BCUT2D eigenvalue weighted by Gasteiger charge is -2.23. The van der Waals surface area contributed by atoms with E-state index in [1.54, 1.807) is 7.11 Å². The molecule has 5 rings (SSSR count). The largest absolute Gasteiger partial charge is 0.497 e. The first kappa shape index (κ1) is 18.9. The predicted molar refractivity (Wildman–Crippen MR) is 118 cm³/mol. The van der Waals surface area contributed by atoms with Crippen molar-refractivity contribution in [2.45, 2.75) is 44.6 Å². The number of aromatic nitrogens is 2. The molecule has 5 heteroatoms. The molecule has 0 bridgehead atoms. The molecule has 0 radical (unpaired) electrons. The molecule has 1 saturated carbocycles. The van der Waals surface area contributed by atoms with Crippen molar-refractivity contribution >= 4 is 23.1 Å². The molecule has 0 unspecified atom stereocenters. The van der Waals surface area contributed by atoms with Crippen LogP contribution in [0.4, 0.5) is 0 Å². The van der Waals surface area contributed by atoms with Crippen molar-refractivity contribution in [2.75, 3.05) is 14.2 Å². The van der Waals surface area contributed by atoms with E-state index < -0.39 is 0 Å². The van der Waals surface area contributed by atoms with Crippen LogP contribution in [0, 0.1) is 0 Å². The summed E-state index contributed by atoms with van der Waals surface area (Å²) in [7, 11) is 3.10. The average molecular weight is 402 g/mol. The monoisotopic (exact) mass is 402 g/mol. The second-order valence-corrected chi connectivity index (χ2v) is 8.17. The third-order valence-corrected chi connectivity index (χ3v) is 6.49. The predicted octanol–water partition coefficient (Wildman–Crippen LogP) is 5.33. The normalized spacial score (nSPS) is 16.4. The Morgan fingerprint density at radius 2 is 1.97 bits per heavy atom. The van der Waals surface area contributed by atoms with E-state index >= 15 is 0 Å². The average Bonchev–Trinajstić information content (AvgIpc) is 3.02. The molecule has 0 N–H and O–H groups in total. The van der Waals surface area contributed by atoms with E-state index in [1.165, 1.54) is 55.9 Å². The molecule has 30 heavy (non-hydrogen) atoms. The summed E-state index contributed by atoms with van der Waals surface area (Å²) in [5.41, 5.74) is 6.21. The maximum atomic E-state index is 12.6. The van der Waals surface area contributed by atoms with Crippen molar-refractivity contribution in [3.63, 3.8) is 0 Å². The number of ether oxygens (including phenoxy) is 2. The van der Waals surface area contributed by atoms with Gasteiger partial charge in [-0.05, 0) is 66.3 Å². The maximum Gasteiger partial charge on any atom is 0.335 e. The number of rotatable bonds is 3. The highest BCUT2D eigenvalue weighted by Crippen LogP contribution is 2.46. The number of pyridine rings is 1. The van der Waals surface area contributed by atoms with Crippen molar-refractivity contribution in [3.8, 4) is 17.0 Å². The lowest BCUT2D eigenvalue weighted by molar-refractivity contribution is -0.136. The molecule has 2 aromatic heterocycles. The van der Waals surface area contributed by atoms with Gasteiger partial charge >= 0.3 is 5.97 Å². The van der Waals surface area contributed by atoms with E-state index in [4.69, 9.17) is 14.5 Å². The number of methoxy groups -OCH3 is 2. The van der Waals surface area contributed by atoms with Crippen molar-refractivity contribution < 1.29 is 14.3 Å². The minimum absolute atomic E-state index is 0.311. The van der Waals surface area contributed by atoms with E-state index in [-0.39, 0.29) is 5.97 Å². The Morgan fingerprint density at radius 3 is 2.73 bits per heavy atom. The van der Waals surface area contributed by atoms with Gasteiger partial charge in [0.05, 0.1) is 32.0 Å². The Hall–Kier alpha value is -3.08. The van der Waals surface area contributed by atoms with E-state index in [1.807, 2.05) is 30.5 Å². The number of hydrogen-bond donors (Lipinski definition) is 0. The van der Waals surface area contributed by atoms with E-state index in [0.29, 0.717) is 18.0 Å². The summed E-state index contributed by atoms with van der Waals surface area (Å²) in [5.74, 6) is 0.973. The van der Waals surface area contributed by atoms with Crippen LogP contribution in [-0.4, -0.2) is 29.7 Å². The molecule has 1 aliphatic heterocycles. The number of hydrogen-bond acceptors (Lipinski definition) is 4. The van der Waals surface area contributed by atoms with Crippen LogP contribution in [0.15, 0.2) is 42.1 Å². The number of benzene rings is 1. The third kappa shape index (κ3) is 3.00. The Bertz CT molecular complexity index is 1150. The molecule has 0 amide bonds. The molecule has 0 saturated heterocycles. The van der Waals surface area contributed by atoms with Crippen molar-refractivity contribution in [1.82, 2.24) is 9.55 Å². The quantitative estimate of drug-likeness (QED) is 0.556. The van der Waals surface area contributed by atoms with Crippen LogP contribution in [0.3, 0.4) is 0 Å². The molecule has 0 atom stereocenters. The fraction of sp³-hybridized carbons (Fsp3) is 0.360. The highest BCUT2D eigenvalue weighted by molar-refractivity contribution is 5.99. The van der Waals surface area contributed by atoms with Gasteiger partial charge in [0.1, 0.15) is 11.4 Å². The van der Waals surface area contributed by atoms with Crippen LogP contribution in [-0.2, 0) is 16.1 Å². The zero-order valence-corrected chi connectivity index (χ0v) is 17.5. The van der Waals surface area contributed by atoms with Crippen LogP contribution < -0.4 is 4.74 Å². The highest BCUT2D eigenvalue weighted by atomic mass is 16.5. The summed E-state index contributed by atoms with van der Waals surface area (Å²) in [4.78, 5) is 17.3. The topological polar surface area (TPSA) is 53.4 Å². The Morgan fingerprint density at radius 1 is 1.13 bits per heavy atom. The SMILES string of the molecule is COC(=O)C1=Cc2cc(OC)ccc2-c2c(C3CCCCC3)c3cccnc3n2C1. The maximum absolute atomic E-state index is 12.6. The Balaban J connectivity index is 1.83. The molecule has 0 spiro atoms. The lowest BCUT2D eigenvalue weighted by Crippen LogP contribution is -2.12. The van der Waals surface area contributed by atoms with Crippen LogP contribution in [0.2, 0.25) is 0 Å². The lowest BCUT2D eigenvalue weighted by atomic mass is 9.81. The van der Waals surface area contributed by atoms with Crippen molar-refractivity contribution in [3.05, 3.63) is 53.2 Å². The number of carbonyl (C=O) groups is 1. The number of carbonyl (C=O) groups excluding carboxylic acids is 1. The van der Waals surface area contributed by atoms with Gasteiger partial charge in [0.15, 0.2) is 0 Å². The zero-order valence-electron chi connectivity index (χ0n) is 17.5. The first-order valence-electron chi connectivity index (χ1n) is 10.7. The first-order chi connectivity index (χ1) is 14.7. The highest BCUT2D eigenvalue weighted by Gasteiger charge is 2.30. The van der Waals surface area contributed by atoms with Crippen LogP contribution >= 0.6 is 0 Å². The fourth-order valence-corrected chi connectivity index (χ4v) is 5.11. The van der Waals surface area contributed by atoms with Gasteiger partial charge in [-0.2, -0.15) is 0 Å². The third-order valence-electron chi connectivity index (χ3n) is 6.49. The minimum Gasteiger partial charge on any atom is -0.497 e. The van der Waals surface area contributed by atoms with Crippen LogP contribution in [0.25, 0.3) is 28.4 Å². The molecule has 154 valence electrons. The molecular formula is C25H26N2O3. The molecule has 1 aliphatic carbocycles. The smallest absolute Gasteiger partial charge is 0.335 e. The van der Waals surface area contributed by atoms with Gasteiger partial charge in [-0.15, -0.1) is 0 Å². The standard InChI is InChI=1S/C25H26N2O3/c1-29-19-10-11-20-17(14-19)13-18(25(28)30-2)15-27-23(20)22(16-7-4-3-5-8-16)21-9-6-12-26-24(21)27/h6,9-14,16H,3-5,7-8,15H2,1-2H3. The van der Waals surface area contributed by atoms with Crippen LogP contribution in [0.1, 0.15) is 49.1 Å². The Kier molecular flexibility index (Phi) is 4.81. The Labute approximate surface area is 176 Å². The molecule has 3 aromatic rings. The summed E-state index contributed by atoms with van der Waals surface area (Å²) >= 11 is 0. The van der Waals surface area contributed by atoms with Gasteiger partial charge < -0.3 is 14.0 Å². The number of esters is 1. The summed E-state index contributed by atoms with van der Waals surface area (Å²) in [6, 6.07) is 10.3. The van der Waals surface area contributed by atoms with Gasteiger partial charge in [-0.25, -0.2) is 9.78 Å². The van der Waals surface area contributed by atoms with Gasteiger partial charge in [0.25, 0.3) is 0 Å². The van der Waals surface area contributed by atoms with Crippen molar-refractivity contribution in [1.29, 1.82) is 0 Å². The van der Waals surface area contributed by atoms with Crippen molar-refractivity contribution in [2.24, 2.45) is 0 Å².